The lowest BCUT2D eigenvalue weighted by Gasteiger charge is -2.29. The number of hydrogen-bond acceptors (Lipinski definition) is 2. The maximum atomic E-state index is 14.9. The minimum atomic E-state index is -2.86. The first-order chi connectivity index (χ1) is 10.9. The van der Waals surface area contributed by atoms with E-state index in [2.05, 4.69) is 5.10 Å². The zero-order valence-electron chi connectivity index (χ0n) is 11.8. The summed E-state index contributed by atoms with van der Waals surface area (Å²) in [4.78, 5) is 11.0. The van der Waals surface area contributed by atoms with E-state index in [9.17, 15) is 22.4 Å². The van der Waals surface area contributed by atoms with Crippen LogP contribution < -0.4 is 5.43 Å². The second-order valence-electron chi connectivity index (χ2n) is 5.33. The molecule has 0 spiro atoms. The van der Waals surface area contributed by atoms with Crippen molar-refractivity contribution >= 4 is 11.6 Å². The Morgan fingerprint density at radius 2 is 1.91 bits per heavy atom. The third-order valence-electron chi connectivity index (χ3n) is 3.89. The van der Waals surface area contributed by atoms with Crippen molar-refractivity contribution in [2.75, 3.05) is 0 Å². The zero-order chi connectivity index (χ0) is 16.6. The second-order valence-corrected chi connectivity index (χ2v) is 5.33. The molecule has 1 aromatic rings. The van der Waals surface area contributed by atoms with Crippen LogP contribution in [0.1, 0.15) is 24.3 Å². The molecule has 0 aromatic heterocycles. The van der Waals surface area contributed by atoms with Crippen molar-refractivity contribution in [1.82, 2.24) is 5.43 Å². The average Bonchev–Trinajstić information content (AvgIpc) is 2.55. The van der Waals surface area contributed by atoms with Crippen molar-refractivity contribution in [1.29, 1.82) is 0 Å². The fourth-order valence-electron chi connectivity index (χ4n) is 2.62. The molecule has 1 aromatic carbocycles. The number of halogens is 4. The molecule has 0 fully saturated rings. The Labute approximate surface area is 129 Å². The van der Waals surface area contributed by atoms with Crippen LogP contribution in [0.15, 0.2) is 53.2 Å². The molecule has 1 aliphatic carbocycles. The van der Waals surface area contributed by atoms with E-state index in [1.54, 1.807) is 0 Å². The van der Waals surface area contributed by atoms with Gasteiger partial charge in [-0.3, -0.25) is 4.79 Å². The SMILES string of the molecule is O=C1CCC(C2(F)C=CC(c3ccccc3F)C(F)=C2F)=NN1. The molecule has 0 saturated carbocycles. The molecular weight excluding hydrogens is 312 g/mol. The molecule has 0 bridgehead atoms. The number of benzene rings is 1. The predicted octanol–water partition coefficient (Wildman–Crippen LogP) is 3.60. The van der Waals surface area contributed by atoms with Gasteiger partial charge in [-0.25, -0.2) is 23.0 Å². The fourth-order valence-corrected chi connectivity index (χ4v) is 2.62. The molecule has 3 nitrogen and oxygen atoms in total. The predicted molar refractivity (Wildman–Crippen MR) is 76.2 cm³/mol. The molecule has 1 aliphatic heterocycles. The highest BCUT2D eigenvalue weighted by atomic mass is 19.2. The standard InChI is InChI=1S/C16H12F4N2O/c17-11-4-2-1-3-9(11)10-7-8-16(20,15(19)14(10)18)12-5-6-13(23)22-21-12/h1-4,7-8,10H,5-6H2,(H,22,23). The highest BCUT2D eigenvalue weighted by Crippen LogP contribution is 2.43. The van der Waals surface area contributed by atoms with E-state index in [-0.39, 0.29) is 24.1 Å². The Kier molecular flexibility index (Phi) is 3.79. The molecule has 3 rings (SSSR count). The molecule has 2 atom stereocenters. The number of carbonyl (C=O) groups is 1. The van der Waals surface area contributed by atoms with Gasteiger partial charge in [-0.1, -0.05) is 24.3 Å². The third-order valence-corrected chi connectivity index (χ3v) is 3.89. The number of carbonyl (C=O) groups excluding carboxylic acids is 1. The molecule has 1 heterocycles. The summed E-state index contributed by atoms with van der Waals surface area (Å²) in [6.07, 6.45) is 1.69. The fraction of sp³-hybridized carbons (Fsp3) is 0.250. The number of alkyl halides is 1. The minimum absolute atomic E-state index is 0.0655. The number of rotatable bonds is 2. The first kappa shape index (κ1) is 15.5. The molecule has 120 valence electrons. The van der Waals surface area contributed by atoms with Gasteiger partial charge in [0, 0.05) is 18.4 Å². The van der Waals surface area contributed by atoms with Crippen molar-refractivity contribution in [2.24, 2.45) is 5.10 Å². The van der Waals surface area contributed by atoms with E-state index < -0.39 is 35.0 Å². The lowest BCUT2D eigenvalue weighted by Crippen LogP contribution is -2.40. The lowest BCUT2D eigenvalue weighted by molar-refractivity contribution is -0.121. The minimum Gasteiger partial charge on any atom is -0.273 e. The van der Waals surface area contributed by atoms with Crippen LogP contribution in [0.3, 0.4) is 0 Å². The molecule has 23 heavy (non-hydrogen) atoms. The molecular formula is C16H12F4N2O. The van der Waals surface area contributed by atoms with E-state index in [0.29, 0.717) is 0 Å². The van der Waals surface area contributed by atoms with Crippen LogP contribution in [-0.2, 0) is 4.79 Å². The Hall–Kier alpha value is -2.44. The lowest BCUT2D eigenvalue weighted by atomic mass is 9.83. The van der Waals surface area contributed by atoms with Crippen LogP contribution in [0.5, 0.6) is 0 Å². The second kappa shape index (κ2) is 5.64. The summed E-state index contributed by atoms with van der Waals surface area (Å²) >= 11 is 0. The average molecular weight is 324 g/mol. The summed E-state index contributed by atoms with van der Waals surface area (Å²) in [5.74, 6) is -5.54. The Morgan fingerprint density at radius 1 is 1.17 bits per heavy atom. The van der Waals surface area contributed by atoms with E-state index in [1.165, 1.54) is 18.2 Å². The van der Waals surface area contributed by atoms with Crippen LogP contribution in [0.25, 0.3) is 0 Å². The molecule has 0 saturated heterocycles. The summed E-state index contributed by atoms with van der Waals surface area (Å²) < 4.78 is 57.3. The maximum absolute atomic E-state index is 14.9. The first-order valence-corrected chi connectivity index (χ1v) is 6.97. The van der Waals surface area contributed by atoms with E-state index >= 15 is 0 Å². The monoisotopic (exact) mass is 324 g/mol. The summed E-state index contributed by atoms with van der Waals surface area (Å²) in [7, 11) is 0. The van der Waals surface area contributed by atoms with Gasteiger partial charge < -0.3 is 0 Å². The summed E-state index contributed by atoms with van der Waals surface area (Å²) in [5.41, 5.74) is -1.23. The number of allylic oxidation sites excluding steroid dienone is 4. The quantitative estimate of drug-likeness (QED) is 0.655. The highest BCUT2D eigenvalue weighted by molar-refractivity contribution is 6.01. The third kappa shape index (κ3) is 2.56. The highest BCUT2D eigenvalue weighted by Gasteiger charge is 2.46. The van der Waals surface area contributed by atoms with Gasteiger partial charge in [-0.05, 0) is 12.1 Å². The molecule has 2 aliphatic rings. The van der Waals surface area contributed by atoms with Crippen LogP contribution in [0.2, 0.25) is 0 Å². The van der Waals surface area contributed by atoms with Gasteiger partial charge in [0.15, 0.2) is 5.83 Å². The van der Waals surface area contributed by atoms with Crippen LogP contribution in [0.4, 0.5) is 17.6 Å². The number of amides is 1. The van der Waals surface area contributed by atoms with E-state index in [4.69, 9.17) is 0 Å². The largest absolute Gasteiger partial charge is 0.273 e. The van der Waals surface area contributed by atoms with Gasteiger partial charge in [0.25, 0.3) is 0 Å². The van der Waals surface area contributed by atoms with Crippen molar-refractivity contribution in [3.8, 4) is 0 Å². The zero-order valence-corrected chi connectivity index (χ0v) is 11.8. The Morgan fingerprint density at radius 3 is 2.57 bits per heavy atom. The molecule has 7 heteroatoms. The van der Waals surface area contributed by atoms with Crippen molar-refractivity contribution in [3.05, 3.63) is 59.5 Å². The van der Waals surface area contributed by atoms with Gasteiger partial charge in [0.05, 0.1) is 11.6 Å². The molecule has 1 N–H and O–H groups in total. The van der Waals surface area contributed by atoms with Crippen molar-refractivity contribution in [3.63, 3.8) is 0 Å². The summed E-state index contributed by atoms with van der Waals surface area (Å²) in [6, 6.07) is 5.32. The maximum Gasteiger partial charge on any atom is 0.240 e. The van der Waals surface area contributed by atoms with Crippen LogP contribution in [-0.4, -0.2) is 17.3 Å². The van der Waals surface area contributed by atoms with Crippen molar-refractivity contribution in [2.45, 2.75) is 24.4 Å². The molecule has 2 unspecified atom stereocenters. The van der Waals surface area contributed by atoms with Gasteiger partial charge in [0.2, 0.25) is 11.6 Å². The normalized spacial score (nSPS) is 27.7. The van der Waals surface area contributed by atoms with Gasteiger partial charge in [-0.15, -0.1) is 0 Å². The molecule has 0 radical (unpaired) electrons. The van der Waals surface area contributed by atoms with Gasteiger partial charge in [0.1, 0.15) is 11.6 Å². The van der Waals surface area contributed by atoms with E-state index in [0.717, 1.165) is 18.2 Å². The summed E-state index contributed by atoms with van der Waals surface area (Å²) in [6.45, 7) is 0. The number of nitrogens with zero attached hydrogens (tertiary/aromatic N) is 1. The van der Waals surface area contributed by atoms with Gasteiger partial charge >= 0.3 is 0 Å². The van der Waals surface area contributed by atoms with Crippen molar-refractivity contribution < 1.29 is 22.4 Å². The number of hydrazone groups is 1. The number of hydrogen-bond donors (Lipinski definition) is 1. The Balaban J connectivity index is 1.99. The van der Waals surface area contributed by atoms with Crippen LogP contribution in [0, 0.1) is 5.82 Å². The summed E-state index contributed by atoms with van der Waals surface area (Å²) in [5, 5.41) is 3.48. The van der Waals surface area contributed by atoms with Crippen LogP contribution >= 0.6 is 0 Å². The first-order valence-electron chi connectivity index (χ1n) is 6.97. The Bertz CT molecular complexity index is 756. The number of nitrogens with one attached hydrogen (secondary N) is 1. The van der Waals surface area contributed by atoms with E-state index in [1.807, 2.05) is 5.43 Å². The van der Waals surface area contributed by atoms with Gasteiger partial charge in [-0.2, -0.15) is 5.10 Å². The topological polar surface area (TPSA) is 41.5 Å². The smallest absolute Gasteiger partial charge is 0.240 e. The molecule has 1 amide bonds.